The second-order valence-corrected chi connectivity index (χ2v) is 4.66. The number of hydrogen-bond donors (Lipinski definition) is 0. The molecule has 7 heteroatoms. The summed E-state index contributed by atoms with van der Waals surface area (Å²) in [5.74, 6) is -0.340. The molecule has 0 aromatic heterocycles. The van der Waals surface area contributed by atoms with Crippen LogP contribution in [0.4, 0.5) is 0 Å². The summed E-state index contributed by atoms with van der Waals surface area (Å²) in [7, 11) is -4.10. The molecule has 0 unspecified atom stereocenters. The fourth-order valence-corrected chi connectivity index (χ4v) is 1.63. The smallest absolute Gasteiger partial charge is 0.748 e. The summed E-state index contributed by atoms with van der Waals surface area (Å²) in [6, 6.07) is 0. The first kappa shape index (κ1) is 14.2. The van der Waals surface area contributed by atoms with E-state index >= 15 is 0 Å². The first-order chi connectivity index (χ1) is 5.91. The van der Waals surface area contributed by atoms with Crippen molar-refractivity contribution in [1.29, 1.82) is 0 Å². The Balaban J connectivity index is 0.00000169. The topological polar surface area (TPSA) is 81.9 Å². The van der Waals surface area contributed by atoms with E-state index in [1.54, 1.807) is 19.4 Å². The Kier molecular flexibility index (Phi) is 5.46. The first-order valence-electron chi connectivity index (χ1n) is 3.94. The van der Waals surface area contributed by atoms with E-state index in [2.05, 4.69) is 9.98 Å². The number of hydrogen-bond acceptors (Lipinski definition) is 5. The van der Waals surface area contributed by atoms with E-state index in [-0.39, 0.29) is 35.3 Å². The molecule has 1 aliphatic rings. The van der Waals surface area contributed by atoms with Crippen molar-refractivity contribution in [3.63, 3.8) is 0 Å². The molecule has 5 nitrogen and oxygen atoms in total. The quantitative estimate of drug-likeness (QED) is 0.383. The fourth-order valence-electron chi connectivity index (χ4n) is 1.13. The molecule has 1 aliphatic heterocycles. The third-order valence-corrected chi connectivity index (χ3v) is 2.61. The molecular formula is C7H11N2NaO3S. The third-order valence-electron chi connectivity index (χ3n) is 1.82. The van der Waals surface area contributed by atoms with E-state index in [1.165, 1.54) is 0 Å². The summed E-state index contributed by atoms with van der Waals surface area (Å²) in [6.45, 7) is 1.80. The largest absolute Gasteiger partial charge is 1.00 e. The predicted molar refractivity (Wildman–Crippen MR) is 49.2 cm³/mol. The maximum absolute atomic E-state index is 10.3. The van der Waals surface area contributed by atoms with Crippen molar-refractivity contribution >= 4 is 22.5 Å². The maximum atomic E-state index is 10.3. The van der Waals surface area contributed by atoms with Gasteiger partial charge >= 0.3 is 29.6 Å². The second kappa shape index (κ2) is 5.37. The van der Waals surface area contributed by atoms with Crippen LogP contribution in [0.25, 0.3) is 0 Å². The van der Waals surface area contributed by atoms with Crippen LogP contribution in [0.15, 0.2) is 9.98 Å². The van der Waals surface area contributed by atoms with Gasteiger partial charge in [0.1, 0.15) is 5.66 Å². The van der Waals surface area contributed by atoms with Crippen LogP contribution in [0.2, 0.25) is 0 Å². The summed E-state index contributed by atoms with van der Waals surface area (Å²) in [4.78, 5) is 8.09. The molecule has 0 amide bonds. The molecule has 14 heavy (non-hydrogen) atoms. The van der Waals surface area contributed by atoms with Crippen molar-refractivity contribution in [2.75, 3.05) is 5.75 Å². The van der Waals surface area contributed by atoms with Crippen LogP contribution in [-0.2, 0) is 10.1 Å². The van der Waals surface area contributed by atoms with Crippen molar-refractivity contribution in [3.05, 3.63) is 0 Å². The Labute approximate surface area is 106 Å². The Morgan fingerprint density at radius 1 is 1.36 bits per heavy atom. The van der Waals surface area contributed by atoms with Gasteiger partial charge in [0.25, 0.3) is 0 Å². The van der Waals surface area contributed by atoms with Crippen molar-refractivity contribution in [2.45, 2.75) is 25.4 Å². The minimum Gasteiger partial charge on any atom is -0.748 e. The average Bonchev–Trinajstić information content (AvgIpc) is 2.33. The Morgan fingerprint density at radius 3 is 2.29 bits per heavy atom. The average molecular weight is 226 g/mol. The molecule has 0 aliphatic carbocycles. The van der Waals surface area contributed by atoms with Gasteiger partial charge in [-0.05, 0) is 19.8 Å². The van der Waals surface area contributed by atoms with Gasteiger partial charge in [-0.3, -0.25) is 9.98 Å². The molecule has 0 N–H and O–H groups in total. The fraction of sp³-hybridized carbons (Fsp3) is 0.714. The van der Waals surface area contributed by atoms with Crippen LogP contribution in [0, 0.1) is 0 Å². The SMILES string of the molecule is CC1(CCCS(=O)(=O)[O-])N=CC=N1.[Na+]. The van der Waals surface area contributed by atoms with Crippen molar-refractivity contribution in [2.24, 2.45) is 9.98 Å². The van der Waals surface area contributed by atoms with Crippen LogP contribution in [-0.4, -0.2) is 36.8 Å². The summed E-state index contributed by atoms with van der Waals surface area (Å²) in [5, 5.41) is 0. The number of rotatable bonds is 4. The molecule has 0 fully saturated rings. The minimum atomic E-state index is -4.10. The van der Waals surface area contributed by atoms with Crippen LogP contribution in [0.5, 0.6) is 0 Å². The normalized spacial score (nSPS) is 18.1. The Hall–Kier alpha value is 0.250. The van der Waals surface area contributed by atoms with Gasteiger partial charge in [-0.2, -0.15) is 0 Å². The van der Waals surface area contributed by atoms with Gasteiger partial charge in [0.05, 0.1) is 10.1 Å². The van der Waals surface area contributed by atoms with Gasteiger partial charge in [0.2, 0.25) is 0 Å². The summed E-state index contributed by atoms with van der Waals surface area (Å²) in [6.07, 6.45) is 3.94. The predicted octanol–water partition coefficient (Wildman–Crippen LogP) is -2.81. The molecule has 0 atom stereocenters. The molecule has 0 radical (unpaired) electrons. The summed E-state index contributed by atoms with van der Waals surface area (Å²) >= 11 is 0. The maximum Gasteiger partial charge on any atom is 1.00 e. The third kappa shape index (κ3) is 5.21. The Bertz CT molecular complexity index is 325. The number of nitrogens with zero attached hydrogens (tertiary/aromatic N) is 2. The molecule has 0 spiro atoms. The van der Waals surface area contributed by atoms with Gasteiger partial charge in [-0.1, -0.05) is 0 Å². The van der Waals surface area contributed by atoms with Crippen LogP contribution >= 0.6 is 0 Å². The molecule has 0 aromatic rings. The Morgan fingerprint density at radius 2 is 1.86 bits per heavy atom. The zero-order valence-corrected chi connectivity index (χ0v) is 11.1. The number of aliphatic imine (C=N–C) groups is 2. The molecule has 0 saturated heterocycles. The zero-order valence-electron chi connectivity index (χ0n) is 8.30. The molecule has 1 heterocycles. The van der Waals surface area contributed by atoms with Crippen molar-refractivity contribution in [3.8, 4) is 0 Å². The molecule has 1 rings (SSSR count). The summed E-state index contributed by atoms with van der Waals surface area (Å²) < 4.78 is 30.8. The van der Waals surface area contributed by atoms with Gasteiger partial charge in [0.15, 0.2) is 0 Å². The van der Waals surface area contributed by atoms with Crippen molar-refractivity contribution < 1.29 is 42.5 Å². The van der Waals surface area contributed by atoms with Gasteiger partial charge in [-0.25, -0.2) is 8.42 Å². The van der Waals surface area contributed by atoms with E-state index < -0.39 is 15.8 Å². The van der Waals surface area contributed by atoms with Gasteiger partial charge in [0, 0.05) is 18.2 Å². The van der Waals surface area contributed by atoms with E-state index in [0.717, 1.165) is 0 Å². The van der Waals surface area contributed by atoms with Gasteiger partial charge in [-0.15, -0.1) is 0 Å². The van der Waals surface area contributed by atoms with Crippen LogP contribution in [0.1, 0.15) is 19.8 Å². The van der Waals surface area contributed by atoms with Gasteiger partial charge < -0.3 is 4.55 Å². The molecular weight excluding hydrogens is 215 g/mol. The monoisotopic (exact) mass is 226 g/mol. The molecule has 74 valence electrons. The minimum absolute atomic E-state index is 0. The molecule has 0 aromatic carbocycles. The molecule has 0 saturated carbocycles. The van der Waals surface area contributed by atoms with E-state index in [4.69, 9.17) is 0 Å². The second-order valence-electron chi connectivity index (χ2n) is 3.14. The summed E-state index contributed by atoms with van der Waals surface area (Å²) in [5.41, 5.74) is -0.551. The van der Waals surface area contributed by atoms with E-state index in [0.29, 0.717) is 12.8 Å². The first-order valence-corrected chi connectivity index (χ1v) is 5.52. The van der Waals surface area contributed by atoms with E-state index in [9.17, 15) is 13.0 Å². The van der Waals surface area contributed by atoms with Crippen LogP contribution < -0.4 is 29.6 Å². The van der Waals surface area contributed by atoms with Crippen molar-refractivity contribution in [1.82, 2.24) is 0 Å². The molecule has 0 bridgehead atoms. The standard InChI is InChI=1S/C7H12N2O3S.Na/c1-7(8-4-5-9-7)3-2-6-13(10,11)12;/h4-5H,2-3,6H2,1H3,(H,10,11,12);/q;+1/p-1. The van der Waals surface area contributed by atoms with E-state index in [1.807, 2.05) is 0 Å². The van der Waals surface area contributed by atoms with Crippen LogP contribution in [0.3, 0.4) is 0 Å². The zero-order chi connectivity index (χ0) is 9.95.